The van der Waals surface area contributed by atoms with Crippen molar-refractivity contribution in [3.05, 3.63) is 102 Å². The third-order valence-corrected chi connectivity index (χ3v) is 7.35. The summed E-state index contributed by atoms with van der Waals surface area (Å²) in [5, 5.41) is 2.18. The van der Waals surface area contributed by atoms with Crippen LogP contribution in [0, 0.1) is 6.92 Å². The van der Waals surface area contributed by atoms with Gasteiger partial charge in [0, 0.05) is 11.6 Å². The van der Waals surface area contributed by atoms with Crippen molar-refractivity contribution in [3.8, 4) is 55.1 Å². The molecule has 0 fully saturated rings. The first kappa shape index (κ1) is 18.3. The van der Waals surface area contributed by atoms with Crippen LogP contribution in [0.15, 0.2) is 96.5 Å². The monoisotopic (exact) mass is 416 g/mol. The highest BCUT2D eigenvalue weighted by molar-refractivity contribution is 7.13. The Morgan fingerprint density at radius 2 is 1.03 bits per heavy atom. The molecule has 1 aliphatic carbocycles. The van der Waals surface area contributed by atoms with E-state index in [9.17, 15) is 0 Å². The van der Waals surface area contributed by atoms with Crippen LogP contribution in [0.5, 0.6) is 0 Å². The molecule has 2 heteroatoms. The molecule has 0 spiro atoms. The smallest absolute Gasteiger partial charge is 0.200 e. The zero-order chi connectivity index (χ0) is 20.9. The molecule has 1 aliphatic rings. The fourth-order valence-corrected chi connectivity index (χ4v) is 5.79. The van der Waals surface area contributed by atoms with Crippen molar-refractivity contribution in [2.75, 3.05) is 0 Å². The largest absolute Gasteiger partial charge is 0.223 e. The normalized spacial score (nSPS) is 11.5. The quantitative estimate of drug-likeness (QED) is 0.244. The van der Waals surface area contributed by atoms with Crippen LogP contribution < -0.4 is 4.57 Å². The maximum Gasteiger partial charge on any atom is 0.223 e. The second-order valence-corrected chi connectivity index (χ2v) is 9.08. The fourth-order valence-electron chi connectivity index (χ4n) is 4.81. The number of hydrogen-bond acceptors (Lipinski definition) is 1. The zero-order valence-electron chi connectivity index (χ0n) is 17.6. The molecule has 1 nitrogen and oxygen atoms in total. The van der Waals surface area contributed by atoms with Gasteiger partial charge < -0.3 is 0 Å². The summed E-state index contributed by atoms with van der Waals surface area (Å²) in [5.41, 5.74) is 12.9. The fraction of sp³-hybridized carbons (Fsp3) is 0.0690. The Kier molecular flexibility index (Phi) is 4.15. The molecule has 0 atom stereocenters. The van der Waals surface area contributed by atoms with Gasteiger partial charge in [-0.15, -0.1) is 11.3 Å². The van der Waals surface area contributed by atoms with Gasteiger partial charge in [-0.3, -0.25) is 0 Å². The third-order valence-electron chi connectivity index (χ3n) is 6.31. The molecule has 31 heavy (non-hydrogen) atoms. The van der Waals surface area contributed by atoms with Gasteiger partial charge in [-0.1, -0.05) is 72.8 Å². The number of pyridine rings is 1. The molecule has 2 heterocycles. The van der Waals surface area contributed by atoms with Gasteiger partial charge in [0.15, 0.2) is 6.20 Å². The summed E-state index contributed by atoms with van der Waals surface area (Å²) < 4.78 is 2.28. The molecule has 0 unspecified atom stereocenters. The third kappa shape index (κ3) is 2.79. The Morgan fingerprint density at radius 3 is 1.48 bits per heavy atom. The highest BCUT2D eigenvalue weighted by Crippen LogP contribution is 2.47. The minimum Gasteiger partial charge on any atom is -0.200 e. The Morgan fingerprint density at radius 1 is 0.581 bits per heavy atom. The molecule has 0 N–H and O–H groups in total. The molecule has 148 valence electrons. The predicted octanol–water partition coefficient (Wildman–Crippen LogP) is 7.53. The van der Waals surface area contributed by atoms with E-state index in [-0.39, 0.29) is 0 Å². The second kappa shape index (κ2) is 7.04. The number of thiophene rings is 1. The van der Waals surface area contributed by atoms with Crippen molar-refractivity contribution < 1.29 is 4.57 Å². The van der Waals surface area contributed by atoms with E-state index in [0.717, 1.165) is 0 Å². The van der Waals surface area contributed by atoms with E-state index in [2.05, 4.69) is 115 Å². The number of aromatic nitrogens is 1. The van der Waals surface area contributed by atoms with Gasteiger partial charge in [-0.25, -0.2) is 0 Å². The lowest BCUT2D eigenvalue weighted by Gasteiger charge is -2.22. The van der Waals surface area contributed by atoms with Crippen molar-refractivity contribution in [3.63, 3.8) is 0 Å². The van der Waals surface area contributed by atoms with Gasteiger partial charge in [-0.05, 0) is 57.3 Å². The predicted molar refractivity (Wildman–Crippen MR) is 131 cm³/mol. The van der Waals surface area contributed by atoms with Crippen LogP contribution in [0.3, 0.4) is 0 Å². The summed E-state index contributed by atoms with van der Waals surface area (Å²) in [6.07, 6.45) is 2.31. The minimum atomic E-state index is 1.26. The maximum absolute atomic E-state index is 2.39. The molecular weight excluding hydrogens is 394 g/mol. The summed E-state index contributed by atoms with van der Waals surface area (Å²) in [4.78, 5) is 1.33. The van der Waals surface area contributed by atoms with Gasteiger partial charge in [0.1, 0.15) is 11.9 Å². The highest BCUT2D eigenvalue weighted by atomic mass is 32.1. The molecular formula is C29H22NS+. The topological polar surface area (TPSA) is 3.88 Å². The summed E-state index contributed by atoms with van der Waals surface area (Å²) in [5.74, 6) is 0. The average Bonchev–Trinajstić information content (AvgIpc) is 3.24. The Hall–Kier alpha value is -3.49. The van der Waals surface area contributed by atoms with Crippen LogP contribution in [-0.4, -0.2) is 0 Å². The average molecular weight is 417 g/mol. The molecule has 0 amide bonds. The van der Waals surface area contributed by atoms with Gasteiger partial charge in [0.2, 0.25) is 5.69 Å². The van der Waals surface area contributed by atoms with Crippen LogP contribution >= 0.6 is 11.3 Å². The van der Waals surface area contributed by atoms with Crippen LogP contribution in [-0.2, 0) is 7.05 Å². The van der Waals surface area contributed by atoms with E-state index in [1.54, 1.807) is 0 Å². The van der Waals surface area contributed by atoms with Gasteiger partial charge in [0.25, 0.3) is 0 Å². The number of fused-ring (bicyclic) bond motifs is 8. The van der Waals surface area contributed by atoms with Crippen LogP contribution in [0.1, 0.15) is 5.56 Å². The minimum absolute atomic E-state index is 1.26. The molecule has 0 aliphatic heterocycles. The second-order valence-electron chi connectivity index (χ2n) is 8.17. The number of hydrogen-bond donors (Lipinski definition) is 0. The van der Waals surface area contributed by atoms with Crippen molar-refractivity contribution >= 4 is 11.3 Å². The zero-order valence-corrected chi connectivity index (χ0v) is 18.4. The summed E-state index contributed by atoms with van der Waals surface area (Å²) in [6, 6.07) is 31.0. The van der Waals surface area contributed by atoms with Crippen molar-refractivity contribution in [1.29, 1.82) is 0 Å². The van der Waals surface area contributed by atoms with Crippen molar-refractivity contribution in [1.82, 2.24) is 0 Å². The maximum atomic E-state index is 2.39. The van der Waals surface area contributed by atoms with E-state index in [0.29, 0.717) is 0 Å². The molecule has 5 aromatic rings. The lowest BCUT2D eigenvalue weighted by atomic mass is 9.81. The SMILES string of the molecule is Cc1ccsc1-c1cc2c(c[n+]1C)-c1ccccc1-c1ccccc1-c1ccccc1-2. The van der Waals surface area contributed by atoms with Crippen LogP contribution in [0.25, 0.3) is 55.1 Å². The van der Waals surface area contributed by atoms with Gasteiger partial charge in [0.05, 0.1) is 5.56 Å². The molecule has 2 aromatic heterocycles. The molecule has 6 rings (SSSR count). The summed E-state index contributed by atoms with van der Waals surface area (Å²) in [7, 11) is 2.16. The van der Waals surface area contributed by atoms with E-state index in [1.807, 2.05) is 11.3 Å². The standard InChI is InChI=1S/C29H22NS/c1-19-15-16-31-29(19)28-17-26-24-13-7-5-11-22(24)20-9-3-4-10-21(20)23-12-6-8-14-25(23)27(26)18-30(28)2/h3-18H,1-2H3/q+1. The number of nitrogens with zero attached hydrogens (tertiary/aromatic N) is 1. The van der Waals surface area contributed by atoms with E-state index in [4.69, 9.17) is 0 Å². The van der Waals surface area contributed by atoms with Crippen molar-refractivity contribution in [2.45, 2.75) is 6.92 Å². The number of benzene rings is 3. The first-order valence-corrected chi connectivity index (χ1v) is 11.5. The summed E-state index contributed by atoms with van der Waals surface area (Å²) in [6.45, 7) is 2.20. The molecule has 0 saturated heterocycles. The van der Waals surface area contributed by atoms with E-state index >= 15 is 0 Å². The Bertz CT molecular complexity index is 1460. The lowest BCUT2D eigenvalue weighted by Crippen LogP contribution is -2.31. The molecule has 0 radical (unpaired) electrons. The molecule has 0 bridgehead atoms. The lowest BCUT2D eigenvalue weighted by molar-refractivity contribution is -0.659. The van der Waals surface area contributed by atoms with E-state index < -0.39 is 0 Å². The first-order chi connectivity index (χ1) is 15.2. The van der Waals surface area contributed by atoms with Gasteiger partial charge >= 0.3 is 0 Å². The van der Waals surface area contributed by atoms with Gasteiger partial charge in [-0.2, -0.15) is 4.57 Å². The Balaban J connectivity index is 1.77. The first-order valence-electron chi connectivity index (χ1n) is 10.6. The molecule has 3 aromatic carbocycles. The molecule has 0 saturated carbocycles. The number of rotatable bonds is 1. The Labute approximate surface area is 186 Å². The summed E-state index contributed by atoms with van der Waals surface area (Å²) >= 11 is 1.81. The number of aryl methyl sites for hydroxylation is 2. The van der Waals surface area contributed by atoms with E-state index in [1.165, 1.54) is 60.6 Å². The van der Waals surface area contributed by atoms with Crippen LogP contribution in [0.4, 0.5) is 0 Å². The van der Waals surface area contributed by atoms with Crippen LogP contribution in [0.2, 0.25) is 0 Å². The highest BCUT2D eigenvalue weighted by Gasteiger charge is 2.26. The van der Waals surface area contributed by atoms with Crippen molar-refractivity contribution in [2.24, 2.45) is 7.05 Å².